The van der Waals surface area contributed by atoms with Gasteiger partial charge < -0.3 is 4.74 Å². The topological polar surface area (TPSA) is 39.9 Å². The smallest absolute Gasteiger partial charge is 0.191 e. The van der Waals surface area contributed by atoms with Crippen LogP contribution in [-0.4, -0.2) is 20.5 Å². The van der Waals surface area contributed by atoms with Gasteiger partial charge in [-0.3, -0.25) is 4.57 Å². The Kier molecular flexibility index (Phi) is 6.51. The van der Waals surface area contributed by atoms with Crippen LogP contribution in [0.2, 0.25) is 0 Å². The molecule has 0 aliphatic carbocycles. The van der Waals surface area contributed by atoms with Crippen LogP contribution >= 0.6 is 11.8 Å². The summed E-state index contributed by atoms with van der Waals surface area (Å²) in [5.41, 5.74) is 1.24. The van der Waals surface area contributed by atoms with Crippen molar-refractivity contribution in [2.75, 3.05) is 5.75 Å². The summed E-state index contributed by atoms with van der Waals surface area (Å²) in [4.78, 5) is 0. The Morgan fingerprint density at radius 1 is 0.960 bits per heavy atom. The molecule has 0 aliphatic rings. The van der Waals surface area contributed by atoms with Gasteiger partial charge in [-0.25, -0.2) is 0 Å². The second-order valence-electron chi connectivity index (χ2n) is 5.77. The van der Waals surface area contributed by atoms with Gasteiger partial charge in [0.25, 0.3) is 0 Å². The summed E-state index contributed by atoms with van der Waals surface area (Å²) < 4.78 is 8.04. The number of thioether (sulfide) groups is 1. The molecule has 3 rings (SSSR count). The first kappa shape index (κ1) is 17.5. The number of unbranched alkanes of at least 4 members (excludes halogenated alkanes) is 1. The molecule has 25 heavy (non-hydrogen) atoms. The van der Waals surface area contributed by atoms with E-state index >= 15 is 0 Å². The van der Waals surface area contributed by atoms with E-state index in [0.717, 1.165) is 29.0 Å². The minimum absolute atomic E-state index is 0.415. The van der Waals surface area contributed by atoms with Crippen LogP contribution in [0.1, 0.15) is 31.2 Å². The molecule has 2 aromatic carbocycles. The zero-order valence-corrected chi connectivity index (χ0v) is 15.3. The Morgan fingerprint density at radius 3 is 2.40 bits per heavy atom. The molecule has 130 valence electrons. The SMILES string of the molecule is CCCCSc1nnc(COc2ccccc2)n1Cc1ccccc1. The van der Waals surface area contributed by atoms with Gasteiger partial charge in [0.05, 0.1) is 6.54 Å². The quantitative estimate of drug-likeness (QED) is 0.409. The highest BCUT2D eigenvalue weighted by Gasteiger charge is 2.13. The highest BCUT2D eigenvalue weighted by Crippen LogP contribution is 2.21. The molecule has 1 aromatic heterocycles. The Bertz CT molecular complexity index is 759. The van der Waals surface area contributed by atoms with Crippen LogP contribution in [0, 0.1) is 0 Å². The largest absolute Gasteiger partial charge is 0.486 e. The van der Waals surface area contributed by atoms with E-state index in [9.17, 15) is 0 Å². The highest BCUT2D eigenvalue weighted by molar-refractivity contribution is 7.99. The molecule has 3 aromatic rings. The minimum atomic E-state index is 0.415. The molecule has 1 heterocycles. The summed E-state index contributed by atoms with van der Waals surface area (Å²) in [7, 11) is 0. The lowest BCUT2D eigenvalue weighted by Crippen LogP contribution is -2.09. The van der Waals surface area contributed by atoms with Crippen LogP contribution in [0.25, 0.3) is 0 Å². The maximum absolute atomic E-state index is 5.88. The maximum atomic E-state index is 5.88. The van der Waals surface area contributed by atoms with Crippen molar-refractivity contribution in [3.63, 3.8) is 0 Å². The second-order valence-corrected chi connectivity index (χ2v) is 6.84. The highest BCUT2D eigenvalue weighted by atomic mass is 32.2. The summed E-state index contributed by atoms with van der Waals surface area (Å²) >= 11 is 1.77. The number of nitrogens with zero attached hydrogens (tertiary/aromatic N) is 3. The second kappa shape index (κ2) is 9.28. The van der Waals surface area contributed by atoms with Crippen LogP contribution in [0.4, 0.5) is 0 Å². The van der Waals surface area contributed by atoms with Crippen LogP contribution in [0.3, 0.4) is 0 Å². The predicted molar refractivity (Wildman–Crippen MR) is 102 cm³/mol. The molecule has 0 atom stereocenters. The molecule has 0 saturated carbocycles. The molecular weight excluding hydrogens is 330 g/mol. The fourth-order valence-electron chi connectivity index (χ4n) is 2.43. The number of hydrogen-bond acceptors (Lipinski definition) is 4. The van der Waals surface area contributed by atoms with E-state index in [4.69, 9.17) is 4.74 Å². The summed E-state index contributed by atoms with van der Waals surface area (Å²) in [5.74, 6) is 2.76. The van der Waals surface area contributed by atoms with E-state index in [1.54, 1.807) is 11.8 Å². The molecule has 5 heteroatoms. The molecule has 0 spiro atoms. The molecule has 0 saturated heterocycles. The number of para-hydroxylation sites is 1. The monoisotopic (exact) mass is 353 g/mol. The fourth-order valence-corrected chi connectivity index (χ4v) is 3.47. The zero-order valence-electron chi connectivity index (χ0n) is 14.5. The zero-order chi connectivity index (χ0) is 17.3. The van der Waals surface area contributed by atoms with Crippen molar-refractivity contribution in [1.29, 1.82) is 0 Å². The predicted octanol–water partition coefficient (Wildman–Crippen LogP) is 4.80. The number of ether oxygens (including phenoxy) is 1. The normalized spacial score (nSPS) is 10.8. The van der Waals surface area contributed by atoms with Gasteiger partial charge in [-0.05, 0) is 24.1 Å². The van der Waals surface area contributed by atoms with Crippen molar-refractivity contribution in [1.82, 2.24) is 14.8 Å². The van der Waals surface area contributed by atoms with Gasteiger partial charge >= 0.3 is 0 Å². The van der Waals surface area contributed by atoms with E-state index in [1.165, 1.54) is 18.4 Å². The fraction of sp³-hybridized carbons (Fsp3) is 0.300. The average molecular weight is 353 g/mol. The first-order valence-corrected chi connectivity index (χ1v) is 9.62. The van der Waals surface area contributed by atoms with Gasteiger partial charge in [0.1, 0.15) is 12.4 Å². The van der Waals surface area contributed by atoms with Crippen molar-refractivity contribution >= 4 is 11.8 Å². The molecule has 0 N–H and O–H groups in total. The van der Waals surface area contributed by atoms with E-state index in [1.807, 2.05) is 36.4 Å². The summed E-state index contributed by atoms with van der Waals surface area (Å²) in [6.07, 6.45) is 2.36. The van der Waals surface area contributed by atoms with E-state index < -0.39 is 0 Å². The third-order valence-electron chi connectivity index (χ3n) is 3.82. The summed E-state index contributed by atoms with van der Waals surface area (Å²) in [6.45, 7) is 3.38. The van der Waals surface area contributed by atoms with Crippen LogP contribution in [0.15, 0.2) is 65.8 Å². The molecule has 0 unspecified atom stereocenters. The molecule has 4 nitrogen and oxygen atoms in total. The van der Waals surface area contributed by atoms with Crippen molar-refractivity contribution in [3.8, 4) is 5.75 Å². The maximum Gasteiger partial charge on any atom is 0.191 e. The number of benzene rings is 2. The molecule has 0 bridgehead atoms. The lowest BCUT2D eigenvalue weighted by atomic mass is 10.2. The third-order valence-corrected chi connectivity index (χ3v) is 4.87. The van der Waals surface area contributed by atoms with Crippen molar-refractivity contribution in [2.45, 2.75) is 38.1 Å². The Hall–Kier alpha value is -2.27. The van der Waals surface area contributed by atoms with E-state index in [-0.39, 0.29) is 0 Å². The number of aromatic nitrogens is 3. The molecule has 0 fully saturated rings. The standard InChI is InChI=1S/C20H23N3OS/c1-2-3-14-25-20-22-21-19(16-24-18-12-8-5-9-13-18)23(20)15-17-10-6-4-7-11-17/h4-13H,2-3,14-16H2,1H3. The lowest BCUT2D eigenvalue weighted by Gasteiger charge is -2.11. The van der Waals surface area contributed by atoms with Gasteiger partial charge in [-0.15, -0.1) is 10.2 Å². The molecule has 0 radical (unpaired) electrons. The van der Waals surface area contributed by atoms with Gasteiger partial charge in [0, 0.05) is 5.75 Å². The van der Waals surface area contributed by atoms with Crippen LogP contribution < -0.4 is 4.74 Å². The van der Waals surface area contributed by atoms with Gasteiger partial charge in [-0.1, -0.05) is 73.6 Å². The van der Waals surface area contributed by atoms with Crippen LogP contribution in [0.5, 0.6) is 5.75 Å². The van der Waals surface area contributed by atoms with Gasteiger partial charge in [-0.2, -0.15) is 0 Å². The summed E-state index contributed by atoms with van der Waals surface area (Å²) in [6, 6.07) is 20.2. The van der Waals surface area contributed by atoms with Crippen molar-refractivity contribution in [3.05, 3.63) is 72.1 Å². The van der Waals surface area contributed by atoms with Crippen LogP contribution in [-0.2, 0) is 13.2 Å². The number of rotatable bonds is 9. The minimum Gasteiger partial charge on any atom is -0.486 e. The van der Waals surface area contributed by atoms with E-state index in [0.29, 0.717) is 6.61 Å². The number of hydrogen-bond donors (Lipinski definition) is 0. The molecular formula is C20H23N3OS. The first-order chi connectivity index (χ1) is 12.4. The Labute approximate surface area is 153 Å². The van der Waals surface area contributed by atoms with Gasteiger partial charge in [0.15, 0.2) is 11.0 Å². The average Bonchev–Trinajstić information content (AvgIpc) is 3.04. The van der Waals surface area contributed by atoms with Gasteiger partial charge in [0.2, 0.25) is 0 Å². The first-order valence-electron chi connectivity index (χ1n) is 8.63. The lowest BCUT2D eigenvalue weighted by molar-refractivity contribution is 0.289. The van der Waals surface area contributed by atoms with Crippen molar-refractivity contribution < 1.29 is 4.74 Å². The van der Waals surface area contributed by atoms with Crippen molar-refractivity contribution in [2.24, 2.45) is 0 Å². The summed E-state index contributed by atoms with van der Waals surface area (Å²) in [5, 5.41) is 9.73. The van der Waals surface area contributed by atoms with E-state index in [2.05, 4.69) is 46.0 Å². The third kappa shape index (κ3) is 5.10. The Morgan fingerprint density at radius 2 is 1.68 bits per heavy atom. The molecule has 0 amide bonds. The molecule has 0 aliphatic heterocycles. The Balaban J connectivity index is 1.76.